The van der Waals surface area contributed by atoms with E-state index in [1.165, 1.54) is 24.3 Å². The van der Waals surface area contributed by atoms with Crippen LogP contribution in [-0.2, 0) is 27.8 Å². The van der Waals surface area contributed by atoms with Crippen molar-refractivity contribution in [2.24, 2.45) is 0 Å². The number of carbonyl (C=O) groups excluding carboxylic acids is 1. The van der Waals surface area contributed by atoms with Crippen LogP contribution in [0.15, 0.2) is 83.8 Å². The standard InChI is InChI=1S/C22H20ClNO4S/c23-19-10-12-21(13-11-19)29(26,27)16-22(25)24-14-17-6-8-18(9-7-17)15-28-20-4-2-1-3-5-20/h1-13H,14-16H2,(H,24,25). The topological polar surface area (TPSA) is 72.5 Å². The van der Waals surface area contributed by atoms with Crippen LogP contribution in [0.25, 0.3) is 0 Å². The first-order chi connectivity index (χ1) is 13.9. The van der Waals surface area contributed by atoms with E-state index in [0.717, 1.165) is 16.9 Å². The third-order valence-electron chi connectivity index (χ3n) is 4.16. The average Bonchev–Trinajstić information content (AvgIpc) is 2.72. The third kappa shape index (κ3) is 6.34. The second-order valence-corrected chi connectivity index (χ2v) is 8.83. The molecule has 0 atom stereocenters. The predicted octanol–water partition coefficient (Wildman–Crippen LogP) is 4.01. The van der Waals surface area contributed by atoms with Crippen molar-refractivity contribution in [3.8, 4) is 5.75 Å². The summed E-state index contributed by atoms with van der Waals surface area (Å²) in [5.74, 6) is -0.375. The Kier molecular flexibility index (Phi) is 6.90. The van der Waals surface area contributed by atoms with Crippen molar-refractivity contribution in [1.82, 2.24) is 5.32 Å². The molecule has 0 heterocycles. The molecule has 0 aliphatic carbocycles. The predicted molar refractivity (Wildman–Crippen MR) is 113 cm³/mol. The largest absolute Gasteiger partial charge is 0.489 e. The molecule has 7 heteroatoms. The molecule has 0 aromatic heterocycles. The summed E-state index contributed by atoms with van der Waals surface area (Å²) >= 11 is 5.77. The maximum Gasteiger partial charge on any atom is 0.235 e. The summed E-state index contributed by atoms with van der Waals surface area (Å²) in [4.78, 5) is 12.1. The molecule has 0 aliphatic rings. The number of ether oxygens (including phenoxy) is 1. The molecule has 150 valence electrons. The van der Waals surface area contributed by atoms with Crippen molar-refractivity contribution in [2.75, 3.05) is 5.75 Å². The minimum absolute atomic E-state index is 0.0693. The van der Waals surface area contributed by atoms with E-state index in [9.17, 15) is 13.2 Å². The monoisotopic (exact) mass is 429 g/mol. The highest BCUT2D eigenvalue weighted by Gasteiger charge is 2.19. The molecule has 5 nitrogen and oxygen atoms in total. The number of sulfone groups is 1. The van der Waals surface area contributed by atoms with Gasteiger partial charge in [-0.3, -0.25) is 4.79 Å². The number of carbonyl (C=O) groups is 1. The molecule has 3 aromatic rings. The Hall–Kier alpha value is -2.83. The first-order valence-corrected chi connectivity index (χ1v) is 11.0. The molecule has 0 bridgehead atoms. The van der Waals surface area contributed by atoms with E-state index in [2.05, 4.69) is 5.32 Å². The highest BCUT2D eigenvalue weighted by molar-refractivity contribution is 7.92. The van der Waals surface area contributed by atoms with Crippen LogP contribution in [0.3, 0.4) is 0 Å². The van der Waals surface area contributed by atoms with E-state index >= 15 is 0 Å². The summed E-state index contributed by atoms with van der Waals surface area (Å²) in [5, 5.41) is 3.07. The molecule has 0 spiro atoms. The van der Waals surface area contributed by atoms with Gasteiger partial charge in [-0.05, 0) is 47.5 Å². The maximum atomic E-state index is 12.3. The van der Waals surface area contributed by atoms with Crippen LogP contribution in [-0.4, -0.2) is 20.1 Å². The number of benzene rings is 3. The summed E-state index contributed by atoms with van der Waals surface area (Å²) in [6.45, 7) is 0.685. The summed E-state index contributed by atoms with van der Waals surface area (Å²) in [7, 11) is -3.71. The van der Waals surface area contributed by atoms with E-state index in [0.29, 0.717) is 11.6 Å². The summed E-state index contributed by atoms with van der Waals surface area (Å²) in [5.41, 5.74) is 1.86. The van der Waals surface area contributed by atoms with Gasteiger partial charge >= 0.3 is 0 Å². The fourth-order valence-corrected chi connectivity index (χ4v) is 3.88. The van der Waals surface area contributed by atoms with Crippen LogP contribution in [0.2, 0.25) is 5.02 Å². The number of halogens is 1. The highest BCUT2D eigenvalue weighted by atomic mass is 35.5. The fraction of sp³-hybridized carbons (Fsp3) is 0.136. The number of para-hydroxylation sites is 1. The summed E-state index contributed by atoms with van der Waals surface area (Å²) in [6, 6.07) is 22.8. The van der Waals surface area contributed by atoms with Gasteiger partial charge in [-0.15, -0.1) is 0 Å². The molecule has 0 fully saturated rings. The normalized spacial score (nSPS) is 11.1. The van der Waals surface area contributed by atoms with Crippen LogP contribution in [0.1, 0.15) is 11.1 Å². The number of rotatable bonds is 8. The Morgan fingerprint density at radius 1 is 0.862 bits per heavy atom. The van der Waals surface area contributed by atoms with Crippen molar-refractivity contribution in [1.29, 1.82) is 0 Å². The first kappa shape index (κ1) is 20.9. The Morgan fingerprint density at radius 3 is 2.14 bits per heavy atom. The summed E-state index contributed by atoms with van der Waals surface area (Å²) in [6.07, 6.45) is 0. The van der Waals surface area contributed by atoms with Gasteiger partial charge in [-0.25, -0.2) is 8.42 Å². The van der Waals surface area contributed by atoms with Gasteiger partial charge in [0.2, 0.25) is 5.91 Å². The molecule has 0 radical (unpaired) electrons. The van der Waals surface area contributed by atoms with Crippen molar-refractivity contribution in [3.05, 3.63) is 95.0 Å². The van der Waals surface area contributed by atoms with Crippen molar-refractivity contribution < 1.29 is 17.9 Å². The van der Waals surface area contributed by atoms with Crippen molar-refractivity contribution in [2.45, 2.75) is 18.0 Å². The zero-order chi connectivity index (χ0) is 20.7. The lowest BCUT2D eigenvalue weighted by Crippen LogP contribution is -2.29. The van der Waals surface area contributed by atoms with Crippen LogP contribution in [0.4, 0.5) is 0 Å². The lowest BCUT2D eigenvalue weighted by Gasteiger charge is -2.09. The lowest BCUT2D eigenvalue weighted by molar-refractivity contribution is -0.118. The van der Waals surface area contributed by atoms with Gasteiger partial charge < -0.3 is 10.1 Å². The molecule has 0 unspecified atom stereocenters. The van der Waals surface area contributed by atoms with Crippen molar-refractivity contribution >= 4 is 27.3 Å². The third-order valence-corrected chi connectivity index (χ3v) is 6.04. The minimum Gasteiger partial charge on any atom is -0.489 e. The van der Waals surface area contributed by atoms with Gasteiger partial charge in [-0.1, -0.05) is 54.1 Å². The van der Waals surface area contributed by atoms with Crippen molar-refractivity contribution in [3.63, 3.8) is 0 Å². The molecule has 0 aliphatic heterocycles. The van der Waals surface area contributed by atoms with Gasteiger partial charge in [0.15, 0.2) is 9.84 Å². The first-order valence-electron chi connectivity index (χ1n) is 8.93. The fourth-order valence-electron chi connectivity index (χ4n) is 2.59. The van der Waals surface area contributed by atoms with Crippen LogP contribution in [0.5, 0.6) is 5.75 Å². The van der Waals surface area contributed by atoms with Gasteiger partial charge in [-0.2, -0.15) is 0 Å². The molecule has 0 saturated carbocycles. The molecular weight excluding hydrogens is 410 g/mol. The van der Waals surface area contributed by atoms with Gasteiger partial charge in [0.25, 0.3) is 0 Å². The van der Waals surface area contributed by atoms with E-state index in [4.69, 9.17) is 16.3 Å². The van der Waals surface area contributed by atoms with Crippen LogP contribution < -0.4 is 10.1 Å². The van der Waals surface area contributed by atoms with Gasteiger partial charge in [0.1, 0.15) is 18.1 Å². The molecule has 3 aromatic carbocycles. The average molecular weight is 430 g/mol. The number of hydrogen-bond donors (Lipinski definition) is 1. The number of amides is 1. The highest BCUT2D eigenvalue weighted by Crippen LogP contribution is 2.15. The Bertz CT molecular complexity index is 1050. The second kappa shape index (κ2) is 9.58. The Balaban J connectivity index is 1.49. The lowest BCUT2D eigenvalue weighted by atomic mass is 10.1. The van der Waals surface area contributed by atoms with Gasteiger partial charge in [0.05, 0.1) is 4.90 Å². The molecule has 0 saturated heterocycles. The smallest absolute Gasteiger partial charge is 0.235 e. The zero-order valence-corrected chi connectivity index (χ0v) is 17.1. The zero-order valence-electron chi connectivity index (χ0n) is 15.5. The quantitative estimate of drug-likeness (QED) is 0.587. The second-order valence-electron chi connectivity index (χ2n) is 6.41. The van der Waals surface area contributed by atoms with E-state index in [1.54, 1.807) is 0 Å². The van der Waals surface area contributed by atoms with E-state index < -0.39 is 21.5 Å². The molecular formula is C22H20ClNO4S. The number of hydrogen-bond acceptors (Lipinski definition) is 4. The minimum atomic E-state index is -3.71. The molecule has 29 heavy (non-hydrogen) atoms. The van der Waals surface area contributed by atoms with Crippen LogP contribution in [0, 0.1) is 0 Å². The summed E-state index contributed by atoms with van der Waals surface area (Å²) < 4.78 is 30.3. The Labute approximate surface area is 175 Å². The SMILES string of the molecule is O=C(CS(=O)(=O)c1ccc(Cl)cc1)NCc1ccc(COc2ccccc2)cc1. The maximum absolute atomic E-state index is 12.3. The molecule has 1 N–H and O–H groups in total. The molecule has 3 rings (SSSR count). The van der Waals surface area contributed by atoms with E-state index in [-0.39, 0.29) is 11.4 Å². The Morgan fingerprint density at radius 2 is 1.48 bits per heavy atom. The molecule has 1 amide bonds. The number of nitrogens with one attached hydrogen (secondary N) is 1. The van der Waals surface area contributed by atoms with Crippen LogP contribution >= 0.6 is 11.6 Å². The van der Waals surface area contributed by atoms with Gasteiger partial charge in [0, 0.05) is 11.6 Å². The van der Waals surface area contributed by atoms with E-state index in [1.807, 2.05) is 54.6 Å².